The van der Waals surface area contributed by atoms with Gasteiger partial charge >= 0.3 is 0 Å². The third-order valence-electron chi connectivity index (χ3n) is 2.91. The van der Waals surface area contributed by atoms with E-state index in [1.54, 1.807) is 11.3 Å². The molecule has 0 radical (unpaired) electrons. The van der Waals surface area contributed by atoms with Crippen LogP contribution in [-0.2, 0) is 0 Å². The molecule has 3 N–H and O–H groups in total. The first-order chi connectivity index (χ1) is 8.31. The zero-order valence-electron chi connectivity index (χ0n) is 10.1. The van der Waals surface area contributed by atoms with Crippen molar-refractivity contribution in [3.05, 3.63) is 29.3 Å². The molecule has 0 aliphatic heterocycles. The van der Waals surface area contributed by atoms with Crippen LogP contribution in [-0.4, -0.2) is 18.1 Å². The second kappa shape index (κ2) is 6.10. The number of pyridine rings is 1. The van der Waals surface area contributed by atoms with Crippen LogP contribution in [0, 0.1) is 0 Å². The van der Waals surface area contributed by atoms with Crippen LogP contribution in [0.25, 0.3) is 10.2 Å². The van der Waals surface area contributed by atoms with Crippen molar-refractivity contribution < 1.29 is 0 Å². The number of fused-ring (bicyclic) bond motifs is 1. The number of nitrogens with one attached hydrogen (secondary N) is 1. The predicted molar refractivity (Wildman–Crippen MR) is 74.3 cm³/mol. The van der Waals surface area contributed by atoms with Gasteiger partial charge in [-0.3, -0.25) is 4.98 Å². The number of thiophene rings is 1. The number of hydrogen-bond donors (Lipinski definition) is 2. The topological polar surface area (TPSA) is 50.9 Å². The molecule has 1 unspecified atom stereocenters. The average molecular weight is 249 g/mol. The molecule has 2 aromatic rings. The highest BCUT2D eigenvalue weighted by molar-refractivity contribution is 7.17. The molecule has 0 amide bonds. The van der Waals surface area contributed by atoms with Gasteiger partial charge in [-0.15, -0.1) is 11.3 Å². The van der Waals surface area contributed by atoms with Crippen molar-refractivity contribution in [1.82, 2.24) is 10.3 Å². The van der Waals surface area contributed by atoms with E-state index >= 15 is 0 Å². The molecule has 0 spiro atoms. The predicted octanol–water partition coefficient (Wildman–Crippen LogP) is 2.69. The van der Waals surface area contributed by atoms with Crippen LogP contribution in [0.1, 0.15) is 31.4 Å². The first-order valence-corrected chi connectivity index (χ1v) is 6.96. The van der Waals surface area contributed by atoms with Crippen LogP contribution in [0.15, 0.2) is 23.7 Å². The fourth-order valence-corrected chi connectivity index (χ4v) is 2.59. The Morgan fingerprint density at radius 1 is 1.47 bits per heavy atom. The highest BCUT2D eigenvalue weighted by atomic mass is 32.1. The van der Waals surface area contributed by atoms with Gasteiger partial charge in [0.15, 0.2) is 0 Å². The van der Waals surface area contributed by atoms with Gasteiger partial charge in [0.1, 0.15) is 0 Å². The van der Waals surface area contributed by atoms with Gasteiger partial charge < -0.3 is 11.1 Å². The fraction of sp³-hybridized carbons (Fsp3) is 0.462. The van der Waals surface area contributed by atoms with Crippen LogP contribution in [0.2, 0.25) is 0 Å². The largest absolute Gasteiger partial charge is 0.330 e. The first kappa shape index (κ1) is 12.5. The number of rotatable bonds is 6. The van der Waals surface area contributed by atoms with E-state index in [0.29, 0.717) is 6.04 Å². The van der Waals surface area contributed by atoms with E-state index in [1.807, 2.05) is 6.20 Å². The van der Waals surface area contributed by atoms with Crippen molar-refractivity contribution in [2.24, 2.45) is 5.73 Å². The second-order valence-electron chi connectivity index (χ2n) is 4.24. The average Bonchev–Trinajstić information content (AvgIpc) is 2.81. The number of unbranched alkanes of at least 4 members (excludes halogenated alkanes) is 1. The molecule has 0 aromatic carbocycles. The van der Waals surface area contributed by atoms with Crippen molar-refractivity contribution in [3.63, 3.8) is 0 Å². The maximum absolute atomic E-state index is 5.47. The Bertz CT molecular complexity index is 466. The molecule has 1 atom stereocenters. The Kier molecular flexibility index (Phi) is 4.48. The number of nitrogens with zero attached hydrogens (tertiary/aromatic N) is 1. The van der Waals surface area contributed by atoms with Gasteiger partial charge in [0.05, 0.1) is 10.2 Å². The third kappa shape index (κ3) is 3.25. The lowest BCUT2D eigenvalue weighted by Gasteiger charge is -2.13. The van der Waals surface area contributed by atoms with Crippen LogP contribution in [0.5, 0.6) is 0 Å². The summed E-state index contributed by atoms with van der Waals surface area (Å²) in [4.78, 5) is 4.46. The van der Waals surface area contributed by atoms with Gasteiger partial charge in [0.2, 0.25) is 0 Å². The van der Waals surface area contributed by atoms with E-state index in [1.165, 1.54) is 10.3 Å². The van der Waals surface area contributed by atoms with Crippen LogP contribution in [0.3, 0.4) is 0 Å². The minimum absolute atomic E-state index is 0.353. The van der Waals surface area contributed by atoms with Gasteiger partial charge in [-0.05, 0) is 55.9 Å². The number of aromatic nitrogens is 1. The molecule has 0 aliphatic carbocycles. The molecule has 92 valence electrons. The lowest BCUT2D eigenvalue weighted by Crippen LogP contribution is -2.20. The van der Waals surface area contributed by atoms with Gasteiger partial charge in [-0.1, -0.05) is 0 Å². The molecule has 0 fully saturated rings. The smallest absolute Gasteiger partial charge is 0.0809 e. The summed E-state index contributed by atoms with van der Waals surface area (Å²) in [7, 11) is 0. The summed E-state index contributed by atoms with van der Waals surface area (Å²) in [6.07, 6.45) is 4.19. The van der Waals surface area contributed by atoms with Crippen LogP contribution in [0.4, 0.5) is 0 Å². The van der Waals surface area contributed by atoms with Gasteiger partial charge in [-0.25, -0.2) is 0 Å². The summed E-state index contributed by atoms with van der Waals surface area (Å²) in [6.45, 7) is 3.97. The van der Waals surface area contributed by atoms with Gasteiger partial charge in [0, 0.05) is 12.2 Å². The number of hydrogen-bond acceptors (Lipinski definition) is 4. The van der Waals surface area contributed by atoms with E-state index in [2.05, 4.69) is 34.7 Å². The lowest BCUT2D eigenvalue weighted by atomic mass is 10.1. The molecule has 2 rings (SSSR count). The van der Waals surface area contributed by atoms with Crippen LogP contribution < -0.4 is 11.1 Å². The molecule has 4 heteroatoms. The van der Waals surface area contributed by atoms with Crippen molar-refractivity contribution in [2.75, 3.05) is 13.1 Å². The minimum Gasteiger partial charge on any atom is -0.330 e. The Morgan fingerprint density at radius 2 is 2.35 bits per heavy atom. The summed E-state index contributed by atoms with van der Waals surface area (Å²) in [5, 5.41) is 5.58. The second-order valence-corrected chi connectivity index (χ2v) is 5.19. The number of nitrogens with two attached hydrogens (primary N) is 1. The SMILES string of the molecule is CC(NCCCCN)c1cnc2ccsc2c1. The molecule has 0 saturated heterocycles. The summed E-state index contributed by atoms with van der Waals surface area (Å²) < 4.78 is 1.26. The zero-order valence-corrected chi connectivity index (χ0v) is 11.0. The van der Waals surface area contributed by atoms with Crippen LogP contribution >= 0.6 is 11.3 Å². The molecule has 0 bridgehead atoms. The van der Waals surface area contributed by atoms with Gasteiger partial charge in [0.25, 0.3) is 0 Å². The molecule has 2 aromatic heterocycles. The Balaban J connectivity index is 1.95. The molecule has 17 heavy (non-hydrogen) atoms. The standard InChI is InChI=1S/C13H19N3S/c1-10(15-6-3-2-5-14)11-8-13-12(16-9-11)4-7-17-13/h4,7-10,15H,2-3,5-6,14H2,1H3. The maximum Gasteiger partial charge on any atom is 0.0809 e. The first-order valence-electron chi connectivity index (χ1n) is 6.08. The fourth-order valence-electron chi connectivity index (χ4n) is 1.80. The van der Waals surface area contributed by atoms with Crippen molar-refractivity contribution in [1.29, 1.82) is 0 Å². The van der Waals surface area contributed by atoms with E-state index in [-0.39, 0.29) is 0 Å². The lowest BCUT2D eigenvalue weighted by molar-refractivity contribution is 0.548. The Hall–Kier alpha value is -0.970. The quantitative estimate of drug-likeness (QED) is 0.774. The maximum atomic E-state index is 5.47. The van der Waals surface area contributed by atoms with E-state index in [4.69, 9.17) is 5.73 Å². The molecule has 0 aliphatic rings. The summed E-state index contributed by atoms with van der Waals surface area (Å²) in [6, 6.07) is 4.64. The Labute approximate surface area is 106 Å². The highest BCUT2D eigenvalue weighted by Gasteiger charge is 2.06. The van der Waals surface area contributed by atoms with E-state index in [9.17, 15) is 0 Å². The monoisotopic (exact) mass is 249 g/mol. The summed E-state index contributed by atoms with van der Waals surface area (Å²) >= 11 is 1.74. The molecule has 3 nitrogen and oxygen atoms in total. The third-order valence-corrected chi connectivity index (χ3v) is 3.76. The zero-order chi connectivity index (χ0) is 12.1. The highest BCUT2D eigenvalue weighted by Crippen LogP contribution is 2.22. The van der Waals surface area contributed by atoms with E-state index in [0.717, 1.165) is 31.4 Å². The normalized spacial score (nSPS) is 13.1. The van der Waals surface area contributed by atoms with Crippen molar-refractivity contribution >= 4 is 21.6 Å². The molecular weight excluding hydrogens is 230 g/mol. The van der Waals surface area contributed by atoms with Crippen molar-refractivity contribution in [3.8, 4) is 0 Å². The van der Waals surface area contributed by atoms with Gasteiger partial charge in [-0.2, -0.15) is 0 Å². The summed E-state index contributed by atoms with van der Waals surface area (Å²) in [5.41, 5.74) is 7.82. The summed E-state index contributed by atoms with van der Waals surface area (Å²) in [5.74, 6) is 0. The molecule has 2 heterocycles. The Morgan fingerprint density at radius 3 is 3.18 bits per heavy atom. The van der Waals surface area contributed by atoms with Crippen molar-refractivity contribution in [2.45, 2.75) is 25.8 Å². The molecular formula is C13H19N3S. The molecule has 0 saturated carbocycles. The van der Waals surface area contributed by atoms with E-state index < -0.39 is 0 Å². The minimum atomic E-state index is 0.353.